The maximum Gasteiger partial charge on any atom is 0.318 e. The van der Waals surface area contributed by atoms with Crippen LogP contribution < -0.4 is 0 Å². The summed E-state index contributed by atoms with van der Waals surface area (Å²) in [6.45, 7) is 2.01. The largest absolute Gasteiger partial charge is 0.480 e. The highest BCUT2D eigenvalue weighted by Gasteiger charge is 2.33. The zero-order chi connectivity index (χ0) is 13.6. The van der Waals surface area contributed by atoms with Gasteiger partial charge in [0.1, 0.15) is 5.92 Å². The lowest BCUT2D eigenvalue weighted by Gasteiger charge is -2.24. The number of hydrogen-bond acceptors (Lipinski definition) is 3. The first kappa shape index (κ1) is 12.2. The molecule has 3 rings (SSSR count). The summed E-state index contributed by atoms with van der Waals surface area (Å²) >= 11 is 1.55. The summed E-state index contributed by atoms with van der Waals surface area (Å²) in [7, 11) is 0. The Morgan fingerprint density at radius 3 is 2.95 bits per heavy atom. The minimum Gasteiger partial charge on any atom is -0.480 e. The van der Waals surface area contributed by atoms with E-state index in [1.54, 1.807) is 17.8 Å². The Labute approximate surface area is 115 Å². The van der Waals surface area contributed by atoms with Gasteiger partial charge in [-0.1, -0.05) is 41.6 Å². The molecule has 1 aromatic carbocycles. The first-order chi connectivity index (χ1) is 9.06. The summed E-state index contributed by atoms with van der Waals surface area (Å²) in [5.74, 6) is -2.37. The van der Waals surface area contributed by atoms with Crippen molar-refractivity contribution in [1.82, 2.24) is 0 Å². The second-order valence-electron chi connectivity index (χ2n) is 4.77. The van der Waals surface area contributed by atoms with Gasteiger partial charge in [-0.05, 0) is 18.6 Å². The van der Waals surface area contributed by atoms with E-state index in [4.69, 9.17) is 5.11 Å². The van der Waals surface area contributed by atoms with Gasteiger partial charge in [-0.2, -0.15) is 0 Å². The number of hydrogen-bond donors (Lipinski definition) is 1. The van der Waals surface area contributed by atoms with Gasteiger partial charge in [-0.3, -0.25) is 9.59 Å². The third kappa shape index (κ3) is 2.02. The molecule has 0 amide bonds. The highest BCUT2D eigenvalue weighted by molar-refractivity contribution is 8.03. The molecule has 1 aromatic rings. The Balaban J connectivity index is 2.00. The minimum absolute atomic E-state index is 0.273. The van der Waals surface area contributed by atoms with Crippen LogP contribution in [0.2, 0.25) is 0 Å². The van der Waals surface area contributed by atoms with E-state index in [9.17, 15) is 9.59 Å². The van der Waals surface area contributed by atoms with Crippen LogP contribution in [-0.4, -0.2) is 16.9 Å². The molecular formula is C15H12O3S. The summed E-state index contributed by atoms with van der Waals surface area (Å²) in [5, 5.41) is 9.04. The quantitative estimate of drug-likeness (QED) is 0.799. The predicted molar refractivity (Wildman–Crippen MR) is 73.0 cm³/mol. The Morgan fingerprint density at radius 2 is 2.21 bits per heavy atom. The lowest BCUT2D eigenvalue weighted by molar-refractivity contribution is -0.143. The Morgan fingerprint density at radius 1 is 1.42 bits per heavy atom. The molecule has 1 atom stereocenters. The third-order valence-electron chi connectivity index (χ3n) is 3.39. The molecule has 1 heterocycles. The van der Waals surface area contributed by atoms with E-state index in [2.05, 4.69) is 12.1 Å². The molecule has 19 heavy (non-hydrogen) atoms. The van der Waals surface area contributed by atoms with Crippen LogP contribution in [0.5, 0.6) is 0 Å². The lowest BCUT2D eigenvalue weighted by Crippen LogP contribution is -2.27. The summed E-state index contributed by atoms with van der Waals surface area (Å²) in [6, 6.07) is 6.17. The maximum atomic E-state index is 12.2. The number of carboxylic acids is 1. The van der Waals surface area contributed by atoms with Crippen LogP contribution in [0, 0.1) is 12.8 Å². The molecule has 1 aliphatic heterocycles. The zero-order valence-electron chi connectivity index (χ0n) is 10.3. The van der Waals surface area contributed by atoms with E-state index in [1.807, 2.05) is 13.0 Å². The van der Waals surface area contributed by atoms with Crippen LogP contribution in [-0.2, 0) is 16.0 Å². The number of thioether (sulfide) groups is 1. The molecule has 0 bridgehead atoms. The molecule has 0 spiro atoms. The van der Waals surface area contributed by atoms with Crippen LogP contribution in [0.1, 0.15) is 11.1 Å². The van der Waals surface area contributed by atoms with Crippen molar-refractivity contribution in [1.29, 1.82) is 0 Å². The highest BCUT2D eigenvalue weighted by atomic mass is 32.2. The lowest BCUT2D eigenvalue weighted by atomic mass is 9.88. The van der Waals surface area contributed by atoms with Crippen molar-refractivity contribution in [2.45, 2.75) is 18.2 Å². The monoisotopic (exact) mass is 272 g/mol. The average Bonchev–Trinajstić information content (AvgIpc) is 2.37. The second-order valence-corrected chi connectivity index (χ2v) is 5.86. The van der Waals surface area contributed by atoms with Gasteiger partial charge in [-0.25, -0.2) is 0 Å². The molecule has 1 aliphatic carbocycles. The average molecular weight is 272 g/mol. The van der Waals surface area contributed by atoms with E-state index < -0.39 is 11.9 Å². The number of fused-ring (bicyclic) bond motifs is 1. The molecule has 1 unspecified atom stereocenters. The minimum atomic E-state index is -1.08. The number of allylic oxidation sites excluding steroid dienone is 2. The number of ketones is 1. The number of rotatable bonds is 1. The van der Waals surface area contributed by atoms with Crippen molar-refractivity contribution < 1.29 is 14.7 Å². The molecular weight excluding hydrogens is 260 g/mol. The van der Waals surface area contributed by atoms with Gasteiger partial charge in [-0.15, -0.1) is 0 Å². The molecule has 1 N–H and O–H groups in total. The highest BCUT2D eigenvalue weighted by Crippen LogP contribution is 2.42. The first-order valence-electron chi connectivity index (χ1n) is 6.02. The fraction of sp³-hybridized carbons (Fsp3) is 0.200. The molecule has 0 fully saturated rings. The predicted octanol–water partition coefficient (Wildman–Crippen LogP) is 2.74. The number of benzene rings is 1. The summed E-state index contributed by atoms with van der Waals surface area (Å²) < 4.78 is 0. The van der Waals surface area contributed by atoms with Crippen molar-refractivity contribution >= 4 is 23.5 Å². The fourth-order valence-electron chi connectivity index (χ4n) is 2.40. The topological polar surface area (TPSA) is 54.4 Å². The number of carbonyl (C=O) groups is 2. The number of aryl methyl sites for hydroxylation is 1. The smallest absolute Gasteiger partial charge is 0.318 e. The van der Waals surface area contributed by atoms with Crippen LogP contribution in [0.15, 0.2) is 45.7 Å². The van der Waals surface area contributed by atoms with Crippen molar-refractivity contribution in [3.8, 4) is 0 Å². The first-order valence-corrected chi connectivity index (χ1v) is 6.83. The van der Waals surface area contributed by atoms with Gasteiger partial charge >= 0.3 is 5.97 Å². The van der Waals surface area contributed by atoms with Crippen LogP contribution in [0.25, 0.3) is 0 Å². The van der Waals surface area contributed by atoms with Crippen molar-refractivity contribution in [3.05, 3.63) is 52.0 Å². The zero-order valence-corrected chi connectivity index (χ0v) is 11.2. The molecule has 96 valence electrons. The molecule has 0 saturated carbocycles. The van der Waals surface area contributed by atoms with E-state index in [0.717, 1.165) is 20.9 Å². The van der Waals surface area contributed by atoms with E-state index >= 15 is 0 Å². The number of Topliss-reactive ketones (excluding diaryl/α,β-unsaturated/α-hetero) is 1. The Hall–Kier alpha value is -1.81. The second kappa shape index (κ2) is 4.38. The van der Waals surface area contributed by atoms with Gasteiger partial charge in [0.15, 0.2) is 5.78 Å². The Bertz CT molecular complexity index is 655. The number of carboxylic acid groups (broad SMARTS) is 1. The van der Waals surface area contributed by atoms with Gasteiger partial charge < -0.3 is 5.11 Å². The molecule has 0 aromatic heterocycles. The third-order valence-corrected chi connectivity index (χ3v) is 4.61. The summed E-state index contributed by atoms with van der Waals surface area (Å²) in [5.41, 5.74) is 2.89. The van der Waals surface area contributed by atoms with Gasteiger partial charge in [0.25, 0.3) is 0 Å². The van der Waals surface area contributed by atoms with E-state index in [0.29, 0.717) is 12.0 Å². The van der Waals surface area contributed by atoms with Crippen LogP contribution >= 0.6 is 11.8 Å². The normalized spacial score (nSPS) is 21.1. The van der Waals surface area contributed by atoms with Gasteiger partial charge in [0, 0.05) is 21.8 Å². The Kier molecular flexibility index (Phi) is 2.82. The van der Waals surface area contributed by atoms with Crippen LogP contribution in [0.3, 0.4) is 0 Å². The number of carbonyl (C=O) groups excluding carboxylic acids is 1. The molecule has 2 aliphatic rings. The van der Waals surface area contributed by atoms with Gasteiger partial charge in [0.05, 0.1) is 0 Å². The van der Waals surface area contributed by atoms with Crippen molar-refractivity contribution in [2.24, 2.45) is 5.92 Å². The van der Waals surface area contributed by atoms with E-state index in [1.165, 1.54) is 6.08 Å². The fourth-order valence-corrected chi connectivity index (χ4v) is 3.48. The summed E-state index contributed by atoms with van der Waals surface area (Å²) in [4.78, 5) is 25.3. The van der Waals surface area contributed by atoms with E-state index in [-0.39, 0.29) is 5.78 Å². The van der Waals surface area contributed by atoms with Crippen molar-refractivity contribution in [2.75, 3.05) is 0 Å². The SMILES string of the molecule is Cc1ccc2c(c1)CC1=C(C=CC(C(=O)O)C1=O)S2. The van der Waals surface area contributed by atoms with Crippen molar-refractivity contribution in [3.63, 3.8) is 0 Å². The summed E-state index contributed by atoms with van der Waals surface area (Å²) in [6.07, 6.45) is 3.78. The van der Waals surface area contributed by atoms with Crippen LogP contribution in [0.4, 0.5) is 0 Å². The standard InChI is InChI=1S/C15H12O3S/c1-8-2-4-12-9(6-8)7-11-13(19-12)5-3-10(14(11)16)15(17)18/h2-6,10H,7H2,1H3,(H,17,18). The maximum absolute atomic E-state index is 12.2. The molecule has 0 saturated heterocycles. The molecule has 4 heteroatoms. The van der Waals surface area contributed by atoms with Gasteiger partial charge in [0.2, 0.25) is 0 Å². The molecule has 0 radical (unpaired) electrons. The molecule has 3 nitrogen and oxygen atoms in total. The number of aliphatic carboxylic acids is 1.